The number of amides is 1. The standard InChI is InChI=1S/C19H21NO4/c1-13(2)10-11-24-15-7-5-6-14(12-15)18(21)20-17-9-4-3-8-16(17)19(22)23/h3-9,12-13H,10-11H2,1-2H3,(H,20,21)(H,22,23). The molecule has 0 atom stereocenters. The van der Waals surface area contributed by atoms with Gasteiger partial charge in [-0.1, -0.05) is 32.0 Å². The average molecular weight is 327 g/mol. The molecule has 24 heavy (non-hydrogen) atoms. The Bertz CT molecular complexity index is 725. The van der Waals surface area contributed by atoms with Crippen molar-refractivity contribution in [1.29, 1.82) is 0 Å². The average Bonchev–Trinajstić information content (AvgIpc) is 2.55. The van der Waals surface area contributed by atoms with Crippen LogP contribution in [0.3, 0.4) is 0 Å². The number of carboxylic acid groups (broad SMARTS) is 1. The number of ether oxygens (including phenoxy) is 1. The monoisotopic (exact) mass is 327 g/mol. The third kappa shape index (κ3) is 4.84. The number of carboxylic acids is 1. The summed E-state index contributed by atoms with van der Waals surface area (Å²) in [6.45, 7) is 4.82. The molecule has 1 amide bonds. The van der Waals surface area contributed by atoms with E-state index in [0.29, 0.717) is 23.8 Å². The van der Waals surface area contributed by atoms with Gasteiger partial charge in [-0.25, -0.2) is 4.79 Å². The maximum atomic E-state index is 12.4. The predicted molar refractivity (Wildman–Crippen MR) is 92.7 cm³/mol. The Kier molecular flexibility index (Phi) is 5.95. The lowest BCUT2D eigenvalue weighted by Crippen LogP contribution is -2.15. The number of aromatic carboxylic acids is 1. The predicted octanol–water partition coefficient (Wildman–Crippen LogP) is 4.06. The van der Waals surface area contributed by atoms with E-state index in [2.05, 4.69) is 19.2 Å². The zero-order valence-corrected chi connectivity index (χ0v) is 13.8. The van der Waals surface area contributed by atoms with Crippen LogP contribution in [0.2, 0.25) is 0 Å². The second-order valence-corrected chi connectivity index (χ2v) is 5.86. The molecule has 126 valence electrons. The molecule has 0 radical (unpaired) electrons. The first-order valence-electron chi connectivity index (χ1n) is 7.84. The van der Waals surface area contributed by atoms with Crippen molar-refractivity contribution in [3.8, 4) is 5.75 Å². The number of carbonyl (C=O) groups is 2. The Morgan fingerprint density at radius 2 is 1.88 bits per heavy atom. The molecule has 5 nitrogen and oxygen atoms in total. The first-order valence-corrected chi connectivity index (χ1v) is 7.84. The van der Waals surface area contributed by atoms with Crippen LogP contribution in [0.1, 0.15) is 41.0 Å². The van der Waals surface area contributed by atoms with Crippen molar-refractivity contribution in [2.45, 2.75) is 20.3 Å². The molecule has 2 rings (SSSR count). The lowest BCUT2D eigenvalue weighted by atomic mass is 10.1. The fourth-order valence-electron chi connectivity index (χ4n) is 2.11. The van der Waals surface area contributed by atoms with Gasteiger partial charge in [-0.2, -0.15) is 0 Å². The smallest absolute Gasteiger partial charge is 0.337 e. The maximum Gasteiger partial charge on any atom is 0.337 e. The number of carbonyl (C=O) groups excluding carboxylic acids is 1. The van der Waals surface area contributed by atoms with Crippen molar-refractivity contribution in [3.05, 3.63) is 59.7 Å². The molecule has 0 fully saturated rings. The van der Waals surface area contributed by atoms with E-state index >= 15 is 0 Å². The van der Waals surface area contributed by atoms with Gasteiger partial charge in [-0.3, -0.25) is 4.79 Å². The molecule has 2 N–H and O–H groups in total. The third-order valence-corrected chi connectivity index (χ3v) is 3.47. The molecule has 0 spiro atoms. The molecule has 0 saturated heterocycles. The van der Waals surface area contributed by atoms with Crippen LogP contribution in [0, 0.1) is 5.92 Å². The first kappa shape index (κ1) is 17.5. The van der Waals surface area contributed by atoms with Crippen molar-refractivity contribution >= 4 is 17.6 Å². The highest BCUT2D eigenvalue weighted by atomic mass is 16.5. The van der Waals surface area contributed by atoms with E-state index < -0.39 is 5.97 Å². The quantitative estimate of drug-likeness (QED) is 0.804. The SMILES string of the molecule is CC(C)CCOc1cccc(C(=O)Nc2ccccc2C(=O)O)c1. The van der Waals surface area contributed by atoms with Crippen molar-refractivity contribution in [1.82, 2.24) is 0 Å². The van der Waals surface area contributed by atoms with Gasteiger partial charge in [0.2, 0.25) is 0 Å². The summed E-state index contributed by atoms with van der Waals surface area (Å²) in [6.07, 6.45) is 0.933. The Morgan fingerprint density at radius 1 is 1.12 bits per heavy atom. The van der Waals surface area contributed by atoms with Crippen molar-refractivity contribution in [2.24, 2.45) is 5.92 Å². The van der Waals surface area contributed by atoms with Crippen LogP contribution in [-0.4, -0.2) is 23.6 Å². The minimum atomic E-state index is -1.09. The van der Waals surface area contributed by atoms with Gasteiger partial charge in [0.25, 0.3) is 5.91 Å². The molecule has 5 heteroatoms. The van der Waals surface area contributed by atoms with Gasteiger partial charge in [-0.05, 0) is 42.7 Å². The zero-order chi connectivity index (χ0) is 17.5. The van der Waals surface area contributed by atoms with E-state index in [9.17, 15) is 9.59 Å². The number of nitrogens with one attached hydrogen (secondary N) is 1. The zero-order valence-electron chi connectivity index (χ0n) is 13.8. The van der Waals surface area contributed by atoms with Crippen LogP contribution in [-0.2, 0) is 0 Å². The Balaban J connectivity index is 2.09. The number of hydrogen-bond donors (Lipinski definition) is 2. The van der Waals surface area contributed by atoms with E-state index in [1.807, 2.05) is 0 Å². The lowest BCUT2D eigenvalue weighted by molar-refractivity contribution is 0.0698. The number of rotatable bonds is 7. The molecule has 0 unspecified atom stereocenters. The Hall–Kier alpha value is -2.82. The number of para-hydroxylation sites is 1. The molecule has 0 aliphatic carbocycles. The first-order chi connectivity index (χ1) is 11.5. The Labute approximate surface area is 141 Å². The van der Waals surface area contributed by atoms with E-state index in [1.54, 1.807) is 42.5 Å². The van der Waals surface area contributed by atoms with Crippen molar-refractivity contribution < 1.29 is 19.4 Å². The molecule has 0 bridgehead atoms. The summed E-state index contributed by atoms with van der Waals surface area (Å²) < 4.78 is 5.65. The highest BCUT2D eigenvalue weighted by molar-refractivity contribution is 6.07. The Morgan fingerprint density at radius 3 is 2.58 bits per heavy atom. The fraction of sp³-hybridized carbons (Fsp3) is 0.263. The van der Waals surface area contributed by atoms with Crippen molar-refractivity contribution in [3.63, 3.8) is 0 Å². The minimum Gasteiger partial charge on any atom is -0.494 e. The number of anilines is 1. The molecule has 2 aromatic rings. The summed E-state index contributed by atoms with van der Waals surface area (Å²) in [5.74, 6) is -0.298. The van der Waals surface area contributed by atoms with Crippen molar-refractivity contribution in [2.75, 3.05) is 11.9 Å². The summed E-state index contributed by atoms with van der Waals surface area (Å²) >= 11 is 0. The molecular formula is C19H21NO4. The molecule has 2 aromatic carbocycles. The van der Waals surface area contributed by atoms with Crippen LogP contribution >= 0.6 is 0 Å². The highest BCUT2D eigenvalue weighted by Gasteiger charge is 2.13. The van der Waals surface area contributed by atoms with Crippen LogP contribution in [0.5, 0.6) is 5.75 Å². The molecule has 0 heterocycles. The van der Waals surface area contributed by atoms with Gasteiger partial charge in [0.15, 0.2) is 0 Å². The summed E-state index contributed by atoms with van der Waals surface area (Å²) in [5.41, 5.74) is 0.730. The molecule has 0 aliphatic rings. The van der Waals surface area contributed by atoms with Gasteiger partial charge in [0.1, 0.15) is 5.75 Å². The van der Waals surface area contributed by atoms with Crippen LogP contribution in [0.15, 0.2) is 48.5 Å². The van der Waals surface area contributed by atoms with E-state index in [1.165, 1.54) is 6.07 Å². The van der Waals surface area contributed by atoms with Gasteiger partial charge < -0.3 is 15.2 Å². The van der Waals surface area contributed by atoms with Crippen LogP contribution < -0.4 is 10.1 Å². The third-order valence-electron chi connectivity index (χ3n) is 3.47. The maximum absolute atomic E-state index is 12.4. The second kappa shape index (κ2) is 8.15. The van der Waals surface area contributed by atoms with E-state index in [0.717, 1.165) is 6.42 Å². The highest BCUT2D eigenvalue weighted by Crippen LogP contribution is 2.19. The van der Waals surface area contributed by atoms with Crippen LogP contribution in [0.4, 0.5) is 5.69 Å². The normalized spacial score (nSPS) is 10.5. The summed E-state index contributed by atoms with van der Waals surface area (Å²) in [5, 5.41) is 11.8. The van der Waals surface area contributed by atoms with Gasteiger partial charge >= 0.3 is 5.97 Å². The molecule has 0 aliphatic heterocycles. The summed E-state index contributed by atoms with van der Waals surface area (Å²) in [4.78, 5) is 23.6. The molecule has 0 aromatic heterocycles. The van der Waals surface area contributed by atoms with E-state index in [4.69, 9.17) is 9.84 Å². The largest absolute Gasteiger partial charge is 0.494 e. The van der Waals surface area contributed by atoms with Gasteiger partial charge in [0, 0.05) is 5.56 Å². The number of hydrogen-bond acceptors (Lipinski definition) is 3. The van der Waals surface area contributed by atoms with Gasteiger partial charge in [-0.15, -0.1) is 0 Å². The minimum absolute atomic E-state index is 0.0511. The van der Waals surface area contributed by atoms with Crippen LogP contribution in [0.25, 0.3) is 0 Å². The lowest BCUT2D eigenvalue weighted by Gasteiger charge is -2.11. The van der Waals surface area contributed by atoms with E-state index in [-0.39, 0.29) is 17.2 Å². The summed E-state index contributed by atoms with van der Waals surface area (Å²) in [6, 6.07) is 13.1. The number of benzene rings is 2. The molecular weight excluding hydrogens is 306 g/mol. The summed E-state index contributed by atoms with van der Waals surface area (Å²) in [7, 11) is 0. The fourth-order valence-corrected chi connectivity index (χ4v) is 2.11. The second-order valence-electron chi connectivity index (χ2n) is 5.86. The molecule has 0 saturated carbocycles. The topological polar surface area (TPSA) is 75.6 Å². The van der Waals surface area contributed by atoms with Gasteiger partial charge in [0.05, 0.1) is 17.9 Å².